The number of pyridine rings is 1. The molecular formula is C18H15BrF3N3O2S. The van der Waals surface area contributed by atoms with Crippen LogP contribution in [0.25, 0.3) is 11.3 Å². The van der Waals surface area contributed by atoms with Gasteiger partial charge in [0.15, 0.2) is 0 Å². The molecule has 5 nitrogen and oxygen atoms in total. The third kappa shape index (κ3) is 4.61. The van der Waals surface area contributed by atoms with Gasteiger partial charge < -0.3 is 4.42 Å². The third-order valence-electron chi connectivity index (χ3n) is 4.09. The predicted octanol–water partition coefficient (Wildman–Crippen LogP) is 6.01. The van der Waals surface area contributed by atoms with E-state index in [0.717, 1.165) is 22.3 Å². The maximum atomic E-state index is 13.0. The Morgan fingerprint density at radius 2 is 1.86 bits per heavy atom. The molecule has 2 heterocycles. The maximum absolute atomic E-state index is 13.0. The topological polar surface area (TPSA) is 68.3 Å². The summed E-state index contributed by atoms with van der Waals surface area (Å²) in [4.78, 5) is 7.63. The molecule has 1 aromatic carbocycles. The van der Waals surface area contributed by atoms with Crippen LogP contribution in [0.15, 0.2) is 62.1 Å². The van der Waals surface area contributed by atoms with Gasteiger partial charge in [-0.25, -0.2) is 4.21 Å². The standard InChI is InChI=1S/C18H15BrF3N3O2S/c1-11(13-5-8-16(23-9-13)18(20,21)22)28(2,26)25-17-24-15(10-27-17)12-3-6-14(19)7-4-12/h3-11H,1-2H3. The van der Waals surface area contributed by atoms with Gasteiger partial charge in [0.2, 0.25) is 0 Å². The molecule has 2 atom stereocenters. The van der Waals surface area contributed by atoms with E-state index in [2.05, 4.69) is 30.3 Å². The fourth-order valence-corrected chi connectivity index (χ4v) is 3.82. The molecule has 3 rings (SSSR count). The first-order valence-electron chi connectivity index (χ1n) is 8.02. The van der Waals surface area contributed by atoms with Gasteiger partial charge in [-0.2, -0.15) is 18.2 Å². The lowest BCUT2D eigenvalue weighted by atomic mass is 10.2. The number of hydrogen-bond acceptors (Lipinski definition) is 5. The van der Waals surface area contributed by atoms with Gasteiger partial charge >= 0.3 is 12.2 Å². The highest BCUT2D eigenvalue weighted by Crippen LogP contribution is 2.31. The summed E-state index contributed by atoms with van der Waals surface area (Å²) in [6.07, 6.45) is -0.656. The molecule has 10 heteroatoms. The molecule has 0 aliphatic carbocycles. The number of oxazole rings is 1. The molecule has 3 aromatic rings. The number of nitrogens with zero attached hydrogens (tertiary/aromatic N) is 3. The molecule has 0 saturated heterocycles. The van der Waals surface area contributed by atoms with Crippen molar-refractivity contribution in [1.29, 1.82) is 0 Å². The van der Waals surface area contributed by atoms with E-state index in [1.54, 1.807) is 6.92 Å². The van der Waals surface area contributed by atoms with Gasteiger partial charge in [0.1, 0.15) is 17.7 Å². The van der Waals surface area contributed by atoms with E-state index in [1.807, 2.05) is 24.3 Å². The van der Waals surface area contributed by atoms with Gasteiger partial charge in [-0.05, 0) is 30.7 Å². The van der Waals surface area contributed by atoms with Crippen molar-refractivity contribution >= 4 is 31.7 Å². The highest BCUT2D eigenvalue weighted by molar-refractivity contribution is 9.10. The van der Waals surface area contributed by atoms with Crippen molar-refractivity contribution in [1.82, 2.24) is 9.97 Å². The predicted molar refractivity (Wildman–Crippen MR) is 103 cm³/mol. The van der Waals surface area contributed by atoms with Crippen LogP contribution in [0.4, 0.5) is 19.2 Å². The zero-order chi connectivity index (χ0) is 20.5. The van der Waals surface area contributed by atoms with Gasteiger partial charge in [-0.3, -0.25) is 4.98 Å². The smallest absolute Gasteiger partial charge is 0.429 e. The normalized spacial score (nSPS) is 15.1. The summed E-state index contributed by atoms with van der Waals surface area (Å²) in [6, 6.07) is 9.43. The maximum Gasteiger partial charge on any atom is 0.433 e. The van der Waals surface area contributed by atoms with Crippen LogP contribution in [0, 0.1) is 0 Å². The van der Waals surface area contributed by atoms with Gasteiger partial charge in [0.05, 0.1) is 15.0 Å². The van der Waals surface area contributed by atoms with E-state index in [9.17, 15) is 17.4 Å². The van der Waals surface area contributed by atoms with Gasteiger partial charge in [0, 0.05) is 22.5 Å². The van der Waals surface area contributed by atoms with Crippen LogP contribution in [0.3, 0.4) is 0 Å². The SMILES string of the molecule is CC(c1ccc(C(F)(F)F)nc1)S(C)(=O)=Nc1nc(-c2ccc(Br)cc2)co1. The molecule has 2 unspecified atom stereocenters. The number of hydrogen-bond donors (Lipinski definition) is 0. The lowest BCUT2D eigenvalue weighted by molar-refractivity contribution is -0.141. The first kappa shape index (κ1) is 20.5. The molecule has 0 bridgehead atoms. The second-order valence-electron chi connectivity index (χ2n) is 6.09. The van der Waals surface area contributed by atoms with Crippen molar-refractivity contribution in [3.05, 3.63) is 64.6 Å². The second kappa shape index (κ2) is 7.67. The van der Waals surface area contributed by atoms with E-state index in [4.69, 9.17) is 4.42 Å². The number of benzene rings is 1. The Kier molecular flexibility index (Phi) is 5.62. The van der Waals surface area contributed by atoms with Gasteiger partial charge in [-0.15, -0.1) is 4.36 Å². The minimum Gasteiger partial charge on any atom is -0.429 e. The summed E-state index contributed by atoms with van der Waals surface area (Å²) in [5, 5.41) is -0.676. The highest BCUT2D eigenvalue weighted by atomic mass is 79.9. The summed E-state index contributed by atoms with van der Waals surface area (Å²) in [6.45, 7) is 1.61. The quantitative estimate of drug-likeness (QED) is 0.465. The van der Waals surface area contributed by atoms with Crippen LogP contribution >= 0.6 is 15.9 Å². The van der Waals surface area contributed by atoms with Gasteiger partial charge in [-0.1, -0.05) is 34.1 Å². The van der Waals surface area contributed by atoms with E-state index >= 15 is 0 Å². The summed E-state index contributed by atoms with van der Waals surface area (Å²) >= 11 is 3.35. The monoisotopic (exact) mass is 473 g/mol. The fourth-order valence-electron chi connectivity index (χ4n) is 2.36. The summed E-state index contributed by atoms with van der Waals surface area (Å²) in [7, 11) is -2.90. The highest BCUT2D eigenvalue weighted by Gasteiger charge is 2.32. The van der Waals surface area contributed by atoms with Crippen molar-refractivity contribution in [2.75, 3.05) is 6.26 Å². The van der Waals surface area contributed by atoms with Crippen molar-refractivity contribution in [2.45, 2.75) is 18.3 Å². The summed E-state index contributed by atoms with van der Waals surface area (Å²) in [5.74, 6) is 0. The third-order valence-corrected chi connectivity index (χ3v) is 6.73. The number of rotatable bonds is 4. The van der Waals surface area contributed by atoms with Crippen molar-refractivity contribution in [3.8, 4) is 11.3 Å². The zero-order valence-corrected chi connectivity index (χ0v) is 17.2. The Bertz CT molecular complexity index is 1090. The minimum absolute atomic E-state index is 0.0582. The molecule has 0 N–H and O–H groups in total. The number of alkyl halides is 3. The first-order valence-corrected chi connectivity index (χ1v) is 10.8. The molecule has 0 fully saturated rings. The van der Waals surface area contributed by atoms with Crippen LogP contribution in [-0.4, -0.2) is 20.4 Å². The molecule has 148 valence electrons. The van der Waals surface area contributed by atoms with E-state index in [-0.39, 0.29) is 6.01 Å². The van der Waals surface area contributed by atoms with Crippen molar-refractivity contribution < 1.29 is 21.8 Å². The molecule has 0 amide bonds. The van der Waals surface area contributed by atoms with Crippen molar-refractivity contribution in [2.24, 2.45) is 4.36 Å². The van der Waals surface area contributed by atoms with Crippen LogP contribution in [0.1, 0.15) is 23.4 Å². The number of halogens is 4. The lowest BCUT2D eigenvalue weighted by Gasteiger charge is -2.14. The Balaban J connectivity index is 1.86. The number of aromatic nitrogens is 2. The summed E-state index contributed by atoms with van der Waals surface area (Å²) in [5.41, 5.74) is 0.708. The summed E-state index contributed by atoms with van der Waals surface area (Å²) < 4.78 is 61.3. The molecule has 28 heavy (non-hydrogen) atoms. The average molecular weight is 474 g/mol. The molecule has 0 aliphatic heterocycles. The van der Waals surface area contributed by atoms with Crippen molar-refractivity contribution in [3.63, 3.8) is 0 Å². The molecule has 0 aliphatic rings. The van der Waals surface area contributed by atoms with E-state index in [0.29, 0.717) is 11.3 Å². The molecular weight excluding hydrogens is 459 g/mol. The van der Waals surface area contributed by atoms with Crippen LogP contribution in [-0.2, 0) is 15.9 Å². The molecule has 2 aromatic heterocycles. The van der Waals surface area contributed by atoms with E-state index in [1.165, 1.54) is 18.6 Å². The minimum atomic E-state index is -4.53. The largest absolute Gasteiger partial charge is 0.433 e. The van der Waals surface area contributed by atoms with Crippen LogP contribution in [0.2, 0.25) is 0 Å². The fraction of sp³-hybridized carbons (Fsp3) is 0.222. The van der Waals surface area contributed by atoms with E-state index < -0.39 is 26.8 Å². The van der Waals surface area contributed by atoms with Crippen LogP contribution < -0.4 is 0 Å². The van der Waals surface area contributed by atoms with Crippen LogP contribution in [0.5, 0.6) is 0 Å². The Morgan fingerprint density at radius 1 is 1.18 bits per heavy atom. The Labute approximate surface area is 168 Å². The molecule has 0 spiro atoms. The molecule has 0 saturated carbocycles. The first-order chi connectivity index (χ1) is 13.1. The lowest BCUT2D eigenvalue weighted by Crippen LogP contribution is -2.11. The van der Waals surface area contributed by atoms with Gasteiger partial charge in [0.25, 0.3) is 0 Å². The Hall–Kier alpha value is -2.20. The molecule has 0 radical (unpaired) electrons. The second-order valence-corrected chi connectivity index (χ2v) is 9.62. The Morgan fingerprint density at radius 3 is 2.43 bits per heavy atom. The zero-order valence-electron chi connectivity index (χ0n) is 14.8. The average Bonchev–Trinajstić information content (AvgIpc) is 3.08.